The lowest BCUT2D eigenvalue weighted by Gasteiger charge is -2.35. The molecular formula is C27H27BrCl2N4O3. The second kappa shape index (κ2) is 12.6. The molecule has 1 saturated heterocycles. The zero-order valence-corrected chi connectivity index (χ0v) is 23.4. The molecule has 0 aromatic heterocycles. The number of hydrogen-bond donors (Lipinski definition) is 1. The van der Waals surface area contributed by atoms with Gasteiger partial charge < -0.3 is 19.9 Å². The van der Waals surface area contributed by atoms with Gasteiger partial charge in [-0.1, -0.05) is 63.4 Å². The van der Waals surface area contributed by atoms with Crippen LogP contribution >= 0.6 is 39.1 Å². The van der Waals surface area contributed by atoms with Crippen molar-refractivity contribution in [1.29, 1.82) is 0 Å². The quantitative estimate of drug-likeness (QED) is 0.340. The Hall–Kier alpha value is -2.78. The van der Waals surface area contributed by atoms with Crippen molar-refractivity contribution in [2.45, 2.75) is 6.54 Å². The molecular weight excluding hydrogens is 579 g/mol. The second-order valence-corrected chi connectivity index (χ2v) is 10.6. The molecule has 7 nitrogen and oxygen atoms in total. The van der Waals surface area contributed by atoms with Crippen LogP contribution in [0, 0.1) is 0 Å². The van der Waals surface area contributed by atoms with Crippen LogP contribution in [0.1, 0.15) is 5.56 Å². The summed E-state index contributed by atoms with van der Waals surface area (Å²) in [6.45, 7) is 2.72. The van der Waals surface area contributed by atoms with E-state index in [4.69, 9.17) is 27.9 Å². The van der Waals surface area contributed by atoms with Crippen molar-refractivity contribution in [3.05, 3.63) is 86.8 Å². The maximum atomic E-state index is 13.0. The number of hydrogen-bond acceptors (Lipinski definition) is 4. The summed E-state index contributed by atoms with van der Waals surface area (Å²) in [4.78, 5) is 31.0. The van der Waals surface area contributed by atoms with E-state index in [2.05, 4.69) is 21.2 Å². The van der Waals surface area contributed by atoms with Crippen molar-refractivity contribution < 1.29 is 14.3 Å². The van der Waals surface area contributed by atoms with E-state index < -0.39 is 0 Å². The highest BCUT2D eigenvalue weighted by Gasteiger charge is 2.25. The third-order valence-corrected chi connectivity index (χ3v) is 6.81. The van der Waals surface area contributed by atoms with E-state index in [-0.39, 0.29) is 18.5 Å². The number of nitrogens with one attached hydrogen (secondary N) is 1. The number of para-hydroxylation sites is 1. The zero-order chi connectivity index (χ0) is 26.4. The van der Waals surface area contributed by atoms with E-state index in [0.717, 1.165) is 15.7 Å². The fraction of sp³-hybridized carbons (Fsp3) is 0.259. The molecule has 1 N–H and O–H groups in total. The molecule has 0 aliphatic carbocycles. The van der Waals surface area contributed by atoms with E-state index in [0.29, 0.717) is 54.3 Å². The first-order valence-electron chi connectivity index (χ1n) is 11.8. The van der Waals surface area contributed by atoms with Gasteiger partial charge in [0.2, 0.25) is 5.91 Å². The Morgan fingerprint density at radius 1 is 0.946 bits per heavy atom. The van der Waals surface area contributed by atoms with Crippen molar-refractivity contribution in [2.24, 2.45) is 0 Å². The third-order valence-electron chi connectivity index (χ3n) is 5.88. The minimum Gasteiger partial charge on any atom is -0.457 e. The van der Waals surface area contributed by atoms with Crippen molar-refractivity contribution in [3.8, 4) is 11.5 Å². The summed E-state index contributed by atoms with van der Waals surface area (Å²) in [5, 5.41) is 3.86. The first-order chi connectivity index (χ1) is 17.8. The summed E-state index contributed by atoms with van der Waals surface area (Å²) in [5.74, 6) is 1.20. The van der Waals surface area contributed by atoms with E-state index in [9.17, 15) is 9.59 Å². The standard InChI is InChI=1S/C27H27BrCl2N4O3/c1-32(17-19-7-8-20(28)13-25(19)37-24-15-21(29)14-22(30)16-24)18-26(35)33-9-11-34(12-10-33)27(36)31-23-5-3-2-4-6-23/h2-8,13-16H,9-12,17-18H2,1H3,(H,31,36). The number of rotatable bonds is 7. The van der Waals surface area contributed by atoms with Gasteiger partial charge >= 0.3 is 6.03 Å². The summed E-state index contributed by atoms with van der Waals surface area (Å²) >= 11 is 15.7. The number of likely N-dealkylation sites (N-methyl/N-ethyl adjacent to an activating group) is 1. The lowest BCUT2D eigenvalue weighted by atomic mass is 10.2. The number of amides is 3. The van der Waals surface area contributed by atoms with Crippen LogP contribution in [0.15, 0.2) is 71.2 Å². The minimum absolute atomic E-state index is 0.0202. The van der Waals surface area contributed by atoms with Crippen LogP contribution in [0.4, 0.5) is 10.5 Å². The fourth-order valence-corrected chi connectivity index (χ4v) is 4.88. The number of halogens is 3. The molecule has 1 aliphatic heterocycles. The number of ether oxygens (including phenoxy) is 1. The molecule has 1 heterocycles. The SMILES string of the molecule is CN(CC(=O)N1CCN(C(=O)Nc2ccccc2)CC1)Cc1ccc(Br)cc1Oc1cc(Cl)cc(Cl)c1. The molecule has 0 atom stereocenters. The van der Waals surface area contributed by atoms with Crippen molar-refractivity contribution >= 4 is 56.8 Å². The van der Waals surface area contributed by atoms with Gasteiger partial charge in [0, 0.05) is 58.5 Å². The van der Waals surface area contributed by atoms with Crippen LogP contribution in [0.2, 0.25) is 10.0 Å². The van der Waals surface area contributed by atoms with E-state index in [1.54, 1.807) is 28.0 Å². The van der Waals surface area contributed by atoms with Gasteiger partial charge in [-0.3, -0.25) is 9.69 Å². The zero-order valence-electron chi connectivity index (χ0n) is 20.3. The third kappa shape index (κ3) is 7.85. The average molecular weight is 606 g/mol. The highest BCUT2D eigenvalue weighted by molar-refractivity contribution is 9.10. The minimum atomic E-state index is -0.154. The topological polar surface area (TPSA) is 65.1 Å². The predicted octanol–water partition coefficient (Wildman–Crippen LogP) is 6.36. The number of urea groups is 1. The maximum Gasteiger partial charge on any atom is 0.321 e. The molecule has 0 bridgehead atoms. The fourth-order valence-electron chi connectivity index (χ4n) is 4.03. The van der Waals surface area contributed by atoms with Crippen molar-refractivity contribution in [1.82, 2.24) is 14.7 Å². The number of carbonyl (C=O) groups excluding carboxylic acids is 2. The molecule has 37 heavy (non-hydrogen) atoms. The first kappa shape index (κ1) is 27.3. The van der Waals surface area contributed by atoms with Gasteiger partial charge in [-0.05, 0) is 49.5 Å². The van der Waals surface area contributed by atoms with Gasteiger partial charge in [-0.15, -0.1) is 0 Å². The van der Waals surface area contributed by atoms with E-state index >= 15 is 0 Å². The molecule has 0 unspecified atom stereocenters. The number of benzene rings is 3. The Morgan fingerprint density at radius 2 is 1.59 bits per heavy atom. The smallest absolute Gasteiger partial charge is 0.321 e. The summed E-state index contributed by atoms with van der Waals surface area (Å²) < 4.78 is 6.95. The van der Waals surface area contributed by atoms with Gasteiger partial charge in [0.25, 0.3) is 0 Å². The lowest BCUT2D eigenvalue weighted by molar-refractivity contribution is -0.133. The number of carbonyl (C=O) groups is 2. The Bertz CT molecular complexity index is 1230. The molecule has 10 heteroatoms. The largest absolute Gasteiger partial charge is 0.457 e. The summed E-state index contributed by atoms with van der Waals surface area (Å²) in [6.07, 6.45) is 0. The summed E-state index contributed by atoms with van der Waals surface area (Å²) in [6, 6.07) is 20.0. The molecule has 3 aromatic rings. The monoisotopic (exact) mass is 604 g/mol. The summed E-state index contributed by atoms with van der Waals surface area (Å²) in [5.41, 5.74) is 1.67. The van der Waals surface area contributed by atoms with Crippen LogP contribution < -0.4 is 10.1 Å². The second-order valence-electron chi connectivity index (χ2n) is 8.80. The molecule has 3 amide bonds. The van der Waals surface area contributed by atoms with E-state index in [1.807, 2.05) is 60.5 Å². The summed E-state index contributed by atoms with van der Waals surface area (Å²) in [7, 11) is 1.89. The Balaban J connectivity index is 1.30. The first-order valence-corrected chi connectivity index (χ1v) is 13.3. The molecule has 194 valence electrons. The molecule has 1 aliphatic rings. The van der Waals surface area contributed by atoms with Crippen molar-refractivity contribution in [2.75, 3.05) is 45.1 Å². The average Bonchev–Trinajstić information content (AvgIpc) is 2.86. The van der Waals surface area contributed by atoms with Gasteiger partial charge in [0.1, 0.15) is 11.5 Å². The predicted molar refractivity (Wildman–Crippen MR) is 151 cm³/mol. The molecule has 0 radical (unpaired) electrons. The van der Waals surface area contributed by atoms with Gasteiger partial charge in [-0.2, -0.15) is 0 Å². The molecule has 4 rings (SSSR count). The van der Waals surface area contributed by atoms with Crippen LogP contribution in [-0.2, 0) is 11.3 Å². The lowest BCUT2D eigenvalue weighted by Crippen LogP contribution is -2.53. The van der Waals surface area contributed by atoms with Crippen LogP contribution in [0.25, 0.3) is 0 Å². The molecule has 3 aromatic carbocycles. The van der Waals surface area contributed by atoms with Gasteiger partial charge in [-0.25, -0.2) is 4.79 Å². The Morgan fingerprint density at radius 3 is 2.27 bits per heavy atom. The van der Waals surface area contributed by atoms with Crippen molar-refractivity contribution in [3.63, 3.8) is 0 Å². The number of anilines is 1. The van der Waals surface area contributed by atoms with Crippen LogP contribution in [-0.4, -0.2) is 66.4 Å². The highest BCUT2D eigenvalue weighted by atomic mass is 79.9. The highest BCUT2D eigenvalue weighted by Crippen LogP contribution is 2.32. The maximum absolute atomic E-state index is 13.0. The van der Waals surface area contributed by atoms with Crippen LogP contribution in [0.5, 0.6) is 11.5 Å². The number of nitrogens with zero attached hydrogens (tertiary/aromatic N) is 3. The van der Waals surface area contributed by atoms with E-state index in [1.165, 1.54) is 0 Å². The molecule has 0 spiro atoms. The Labute approximate surface area is 235 Å². The van der Waals surface area contributed by atoms with Gasteiger partial charge in [0.05, 0.1) is 6.54 Å². The Kier molecular flexibility index (Phi) is 9.32. The molecule has 0 saturated carbocycles. The number of piperazine rings is 1. The van der Waals surface area contributed by atoms with Gasteiger partial charge in [0.15, 0.2) is 0 Å². The normalized spacial score (nSPS) is 13.5. The van der Waals surface area contributed by atoms with Crippen LogP contribution in [0.3, 0.4) is 0 Å². The molecule has 1 fully saturated rings.